The Morgan fingerprint density at radius 2 is 1.96 bits per heavy atom. The summed E-state index contributed by atoms with van der Waals surface area (Å²) in [4.78, 5) is 29.6. The molecule has 2 amide bonds. The first-order chi connectivity index (χ1) is 12.5. The van der Waals surface area contributed by atoms with Crippen LogP contribution in [0.1, 0.15) is 5.56 Å². The highest BCUT2D eigenvalue weighted by Crippen LogP contribution is 2.42. The van der Waals surface area contributed by atoms with Crippen molar-refractivity contribution >= 4 is 29.3 Å². The van der Waals surface area contributed by atoms with Crippen LogP contribution in [0.15, 0.2) is 64.4 Å². The minimum Gasteiger partial charge on any atom is -0.497 e. The van der Waals surface area contributed by atoms with Gasteiger partial charge in [-0.1, -0.05) is 36.0 Å². The van der Waals surface area contributed by atoms with Crippen molar-refractivity contribution in [2.75, 3.05) is 26.1 Å². The van der Waals surface area contributed by atoms with Crippen molar-refractivity contribution in [2.45, 2.75) is 11.4 Å². The van der Waals surface area contributed by atoms with E-state index in [1.807, 2.05) is 48.5 Å². The number of methoxy groups -OCH3 is 1. The maximum Gasteiger partial charge on any atom is 0.265 e. The van der Waals surface area contributed by atoms with Gasteiger partial charge in [-0.25, -0.2) is 0 Å². The van der Waals surface area contributed by atoms with Gasteiger partial charge in [0.25, 0.3) is 5.91 Å². The second kappa shape index (κ2) is 7.66. The number of carbonyl (C=O) groups is 2. The van der Waals surface area contributed by atoms with Gasteiger partial charge in [-0.3, -0.25) is 9.59 Å². The molecule has 0 radical (unpaired) electrons. The minimum absolute atomic E-state index is 0.174. The Labute approximate surface area is 157 Å². The van der Waals surface area contributed by atoms with E-state index in [1.165, 1.54) is 22.7 Å². The molecule has 2 aromatic rings. The predicted octanol–water partition coefficient (Wildman–Crippen LogP) is 3.31. The van der Waals surface area contributed by atoms with Gasteiger partial charge in [-0.15, -0.1) is 0 Å². The van der Waals surface area contributed by atoms with Crippen molar-refractivity contribution in [3.05, 3.63) is 65.1 Å². The Hall–Kier alpha value is -2.73. The van der Waals surface area contributed by atoms with E-state index in [9.17, 15) is 9.59 Å². The Morgan fingerprint density at radius 1 is 1.19 bits per heavy atom. The normalized spacial score (nSPS) is 15.0. The largest absolute Gasteiger partial charge is 0.497 e. The van der Waals surface area contributed by atoms with Crippen LogP contribution in [-0.2, 0) is 16.1 Å². The SMILES string of the molecule is COc1cccc(CN2C(=O)/C(=C\C(=O)N(C)C)Sc3ccccc32)c1. The highest BCUT2D eigenvalue weighted by atomic mass is 32.2. The van der Waals surface area contributed by atoms with E-state index in [2.05, 4.69) is 0 Å². The summed E-state index contributed by atoms with van der Waals surface area (Å²) in [6.07, 6.45) is 1.40. The van der Waals surface area contributed by atoms with Crippen LogP contribution < -0.4 is 9.64 Å². The Bertz CT molecular complexity index is 877. The number of benzene rings is 2. The second-order valence-corrected chi connectivity index (χ2v) is 7.14. The topological polar surface area (TPSA) is 49.9 Å². The molecular formula is C20H20N2O3S. The van der Waals surface area contributed by atoms with Gasteiger partial charge in [0.1, 0.15) is 5.75 Å². The lowest BCUT2D eigenvalue weighted by Gasteiger charge is -2.30. The number of thioether (sulfide) groups is 1. The summed E-state index contributed by atoms with van der Waals surface area (Å²) in [5.74, 6) is 0.362. The van der Waals surface area contributed by atoms with Crippen LogP contribution in [0.25, 0.3) is 0 Å². The fourth-order valence-corrected chi connectivity index (χ4v) is 3.64. The second-order valence-electron chi connectivity index (χ2n) is 6.05. The van der Waals surface area contributed by atoms with Gasteiger partial charge >= 0.3 is 0 Å². The molecule has 0 bridgehead atoms. The lowest BCUT2D eigenvalue weighted by atomic mass is 10.1. The molecule has 5 nitrogen and oxygen atoms in total. The first-order valence-corrected chi connectivity index (χ1v) is 8.96. The number of hydrogen-bond acceptors (Lipinski definition) is 4. The van der Waals surface area contributed by atoms with Crippen molar-refractivity contribution < 1.29 is 14.3 Å². The third-order valence-electron chi connectivity index (χ3n) is 4.00. The van der Waals surface area contributed by atoms with Crippen molar-refractivity contribution in [1.82, 2.24) is 4.90 Å². The zero-order valence-corrected chi connectivity index (χ0v) is 15.7. The van der Waals surface area contributed by atoms with E-state index in [0.717, 1.165) is 21.9 Å². The smallest absolute Gasteiger partial charge is 0.265 e. The lowest BCUT2D eigenvalue weighted by Crippen LogP contribution is -2.34. The summed E-state index contributed by atoms with van der Waals surface area (Å²) in [5.41, 5.74) is 1.80. The maximum atomic E-state index is 13.0. The molecule has 0 unspecified atom stereocenters. The van der Waals surface area contributed by atoms with E-state index in [-0.39, 0.29) is 11.8 Å². The monoisotopic (exact) mass is 368 g/mol. The highest BCUT2D eigenvalue weighted by Gasteiger charge is 2.29. The number of amides is 2. The van der Waals surface area contributed by atoms with Gasteiger partial charge in [-0.2, -0.15) is 0 Å². The fraction of sp³-hybridized carbons (Fsp3) is 0.200. The number of hydrogen-bond donors (Lipinski definition) is 0. The molecule has 0 saturated heterocycles. The number of likely N-dealkylation sites (N-methyl/N-ethyl adjacent to an activating group) is 1. The number of nitrogens with zero attached hydrogens (tertiary/aromatic N) is 2. The van der Waals surface area contributed by atoms with Crippen LogP contribution >= 0.6 is 11.8 Å². The Morgan fingerprint density at radius 3 is 2.69 bits per heavy atom. The predicted molar refractivity (Wildman–Crippen MR) is 103 cm³/mol. The average Bonchev–Trinajstić information content (AvgIpc) is 2.65. The van der Waals surface area contributed by atoms with Crippen molar-refractivity contribution in [2.24, 2.45) is 0 Å². The summed E-state index contributed by atoms with van der Waals surface area (Å²) in [7, 11) is 4.95. The average molecular weight is 368 g/mol. The van der Waals surface area contributed by atoms with E-state index in [1.54, 1.807) is 26.1 Å². The first-order valence-electron chi connectivity index (χ1n) is 8.14. The molecule has 0 N–H and O–H groups in total. The Kier molecular flexibility index (Phi) is 5.32. The molecule has 1 aliphatic heterocycles. The van der Waals surface area contributed by atoms with Crippen LogP contribution in [0.4, 0.5) is 5.69 Å². The molecule has 0 atom stereocenters. The number of para-hydroxylation sites is 1. The van der Waals surface area contributed by atoms with Gasteiger partial charge in [0.2, 0.25) is 5.91 Å². The summed E-state index contributed by atoms with van der Waals surface area (Å²) < 4.78 is 5.27. The van der Waals surface area contributed by atoms with Crippen LogP contribution in [0.3, 0.4) is 0 Å². The molecule has 134 valence electrons. The Balaban J connectivity index is 1.98. The molecule has 0 aliphatic carbocycles. The molecule has 0 spiro atoms. The fourth-order valence-electron chi connectivity index (χ4n) is 2.61. The van der Waals surface area contributed by atoms with Crippen LogP contribution in [0.5, 0.6) is 5.75 Å². The molecule has 26 heavy (non-hydrogen) atoms. The van der Waals surface area contributed by atoms with E-state index >= 15 is 0 Å². The number of anilines is 1. The van der Waals surface area contributed by atoms with Gasteiger partial charge < -0.3 is 14.5 Å². The summed E-state index contributed by atoms with van der Waals surface area (Å²) in [6, 6.07) is 15.3. The highest BCUT2D eigenvalue weighted by molar-refractivity contribution is 8.04. The van der Waals surface area contributed by atoms with Gasteiger partial charge in [-0.05, 0) is 29.8 Å². The van der Waals surface area contributed by atoms with Crippen molar-refractivity contribution in [3.63, 3.8) is 0 Å². The zero-order chi connectivity index (χ0) is 18.7. The molecule has 0 fully saturated rings. The lowest BCUT2D eigenvalue weighted by molar-refractivity contribution is -0.124. The summed E-state index contributed by atoms with van der Waals surface area (Å²) in [5, 5.41) is 0. The molecule has 1 aliphatic rings. The zero-order valence-electron chi connectivity index (χ0n) is 14.9. The minimum atomic E-state index is -0.207. The quantitative estimate of drug-likeness (QED) is 0.777. The molecule has 6 heteroatoms. The molecule has 0 aromatic heterocycles. The van der Waals surface area contributed by atoms with E-state index < -0.39 is 0 Å². The number of rotatable bonds is 4. The molecular weight excluding hydrogens is 348 g/mol. The summed E-state index contributed by atoms with van der Waals surface area (Å²) in [6.45, 7) is 0.404. The summed E-state index contributed by atoms with van der Waals surface area (Å²) >= 11 is 1.33. The molecule has 3 rings (SSSR count). The third-order valence-corrected chi connectivity index (χ3v) is 5.08. The van der Waals surface area contributed by atoms with Crippen molar-refractivity contribution in [3.8, 4) is 5.75 Å². The first kappa shape index (κ1) is 18.1. The van der Waals surface area contributed by atoms with Gasteiger partial charge in [0.15, 0.2) is 0 Å². The van der Waals surface area contributed by atoms with Crippen LogP contribution in [0, 0.1) is 0 Å². The number of fused-ring (bicyclic) bond motifs is 1. The van der Waals surface area contributed by atoms with E-state index in [4.69, 9.17) is 4.74 Å². The third kappa shape index (κ3) is 3.75. The van der Waals surface area contributed by atoms with Gasteiger partial charge in [0.05, 0.1) is 24.2 Å². The maximum absolute atomic E-state index is 13.0. The standard InChI is InChI=1S/C20H20N2O3S/c1-21(2)19(23)12-18-20(24)22(16-9-4-5-10-17(16)26-18)13-14-7-6-8-15(11-14)25-3/h4-12H,13H2,1-3H3/b18-12+. The molecule has 1 heterocycles. The van der Waals surface area contributed by atoms with E-state index in [0.29, 0.717) is 11.4 Å². The van der Waals surface area contributed by atoms with Crippen LogP contribution in [-0.4, -0.2) is 37.9 Å². The van der Waals surface area contributed by atoms with Crippen molar-refractivity contribution in [1.29, 1.82) is 0 Å². The number of ether oxygens (including phenoxy) is 1. The molecule has 0 saturated carbocycles. The van der Waals surface area contributed by atoms with Gasteiger partial charge in [0, 0.05) is 25.1 Å². The molecule has 2 aromatic carbocycles. The van der Waals surface area contributed by atoms with Crippen LogP contribution in [0.2, 0.25) is 0 Å². The number of carbonyl (C=O) groups excluding carboxylic acids is 2.